The van der Waals surface area contributed by atoms with E-state index in [1.165, 1.54) is 11.8 Å². The van der Waals surface area contributed by atoms with Crippen LogP contribution in [0.15, 0.2) is 23.1 Å². The Morgan fingerprint density at radius 3 is 3.06 bits per heavy atom. The maximum Gasteiger partial charge on any atom is 0.303 e. The first-order valence-electron chi connectivity index (χ1n) is 5.42. The van der Waals surface area contributed by atoms with Crippen LogP contribution in [-0.2, 0) is 16.0 Å². The Kier molecular flexibility index (Phi) is 3.68. The van der Waals surface area contributed by atoms with Crippen LogP contribution >= 0.6 is 11.8 Å². The lowest BCUT2D eigenvalue weighted by molar-refractivity contribution is -0.137. The number of rotatable bonds is 4. The third-order valence-corrected chi connectivity index (χ3v) is 3.61. The summed E-state index contributed by atoms with van der Waals surface area (Å²) in [6.45, 7) is 0. The van der Waals surface area contributed by atoms with Crippen LogP contribution in [0.25, 0.3) is 0 Å². The van der Waals surface area contributed by atoms with Gasteiger partial charge in [-0.25, -0.2) is 0 Å². The van der Waals surface area contributed by atoms with E-state index >= 15 is 0 Å². The Balaban J connectivity index is 2.02. The molecule has 0 spiro atoms. The highest BCUT2D eigenvalue weighted by molar-refractivity contribution is 8.00. The molecule has 1 amide bonds. The van der Waals surface area contributed by atoms with Gasteiger partial charge in [0.2, 0.25) is 5.91 Å². The predicted octanol–water partition coefficient (Wildman–Crippen LogP) is 2.14. The Labute approximate surface area is 103 Å². The van der Waals surface area contributed by atoms with Gasteiger partial charge in [-0.1, -0.05) is 6.07 Å². The van der Waals surface area contributed by atoms with Crippen molar-refractivity contribution in [3.63, 3.8) is 0 Å². The lowest BCUT2D eigenvalue weighted by atomic mass is 10.1. The van der Waals surface area contributed by atoms with E-state index in [1.807, 2.05) is 18.2 Å². The molecule has 1 aliphatic heterocycles. The van der Waals surface area contributed by atoms with Crippen molar-refractivity contribution in [2.75, 3.05) is 11.1 Å². The fraction of sp³-hybridized carbons (Fsp3) is 0.333. The zero-order valence-electron chi connectivity index (χ0n) is 9.23. The number of amides is 1. The Morgan fingerprint density at radius 2 is 2.29 bits per heavy atom. The van der Waals surface area contributed by atoms with Crippen LogP contribution in [0, 0.1) is 0 Å². The average Bonchev–Trinajstić information content (AvgIpc) is 2.28. The molecule has 90 valence electrons. The number of carbonyl (C=O) groups excluding carboxylic acids is 1. The molecule has 5 heteroatoms. The second-order valence-corrected chi connectivity index (χ2v) is 4.93. The standard InChI is InChI=1S/C12H13NO3S/c14-11-7-17-10-5-4-8(6-9(10)13-11)2-1-3-12(15)16/h4-6H,1-3,7H2,(H,13,14)(H,15,16). The van der Waals surface area contributed by atoms with Crippen molar-refractivity contribution in [3.05, 3.63) is 23.8 Å². The molecule has 4 nitrogen and oxygen atoms in total. The zero-order chi connectivity index (χ0) is 12.3. The van der Waals surface area contributed by atoms with Crippen molar-refractivity contribution in [2.45, 2.75) is 24.2 Å². The summed E-state index contributed by atoms with van der Waals surface area (Å²) < 4.78 is 0. The van der Waals surface area contributed by atoms with Gasteiger partial charge in [0.25, 0.3) is 0 Å². The third kappa shape index (κ3) is 3.23. The minimum absolute atomic E-state index is 0.0187. The number of carboxylic acids is 1. The highest BCUT2D eigenvalue weighted by Gasteiger charge is 2.15. The van der Waals surface area contributed by atoms with Crippen molar-refractivity contribution in [3.8, 4) is 0 Å². The quantitative estimate of drug-likeness (QED) is 0.860. The van der Waals surface area contributed by atoms with E-state index in [0.29, 0.717) is 12.2 Å². The van der Waals surface area contributed by atoms with Gasteiger partial charge < -0.3 is 10.4 Å². The predicted molar refractivity (Wildman–Crippen MR) is 66.4 cm³/mol. The first-order valence-corrected chi connectivity index (χ1v) is 6.41. The van der Waals surface area contributed by atoms with E-state index in [2.05, 4.69) is 5.32 Å². The summed E-state index contributed by atoms with van der Waals surface area (Å²) in [5.74, 6) is -0.289. The maximum atomic E-state index is 11.2. The molecule has 2 rings (SSSR count). The van der Waals surface area contributed by atoms with E-state index in [1.54, 1.807) is 0 Å². The van der Waals surface area contributed by atoms with Gasteiger partial charge in [0.05, 0.1) is 11.4 Å². The highest BCUT2D eigenvalue weighted by atomic mass is 32.2. The minimum Gasteiger partial charge on any atom is -0.481 e. The molecule has 0 radical (unpaired) electrons. The smallest absolute Gasteiger partial charge is 0.303 e. The number of fused-ring (bicyclic) bond motifs is 1. The number of carbonyl (C=O) groups is 2. The fourth-order valence-corrected chi connectivity index (χ4v) is 2.52. The molecule has 0 atom stereocenters. The van der Waals surface area contributed by atoms with Crippen molar-refractivity contribution >= 4 is 29.3 Å². The minimum atomic E-state index is -0.771. The van der Waals surface area contributed by atoms with Gasteiger partial charge in [-0.15, -0.1) is 11.8 Å². The van der Waals surface area contributed by atoms with Crippen LogP contribution < -0.4 is 5.32 Å². The van der Waals surface area contributed by atoms with Gasteiger partial charge in [-0.3, -0.25) is 9.59 Å². The van der Waals surface area contributed by atoms with Gasteiger partial charge >= 0.3 is 5.97 Å². The molecule has 2 N–H and O–H groups in total. The van der Waals surface area contributed by atoms with E-state index in [0.717, 1.165) is 22.6 Å². The van der Waals surface area contributed by atoms with Crippen LogP contribution in [0.4, 0.5) is 5.69 Å². The molecule has 1 aliphatic rings. The maximum absolute atomic E-state index is 11.2. The first-order chi connectivity index (χ1) is 8.15. The third-order valence-electron chi connectivity index (χ3n) is 2.53. The Hall–Kier alpha value is -1.49. The summed E-state index contributed by atoms with van der Waals surface area (Å²) in [5.41, 5.74) is 1.91. The van der Waals surface area contributed by atoms with Crippen LogP contribution in [0.1, 0.15) is 18.4 Å². The Bertz CT molecular complexity index is 459. The summed E-state index contributed by atoms with van der Waals surface area (Å²) >= 11 is 1.53. The number of carboxylic acid groups (broad SMARTS) is 1. The second-order valence-electron chi connectivity index (χ2n) is 3.91. The van der Waals surface area contributed by atoms with Crippen molar-refractivity contribution in [1.29, 1.82) is 0 Å². The van der Waals surface area contributed by atoms with Crippen LogP contribution in [0.5, 0.6) is 0 Å². The highest BCUT2D eigenvalue weighted by Crippen LogP contribution is 2.32. The zero-order valence-corrected chi connectivity index (χ0v) is 10.0. The summed E-state index contributed by atoms with van der Waals surface area (Å²) in [5, 5.41) is 11.4. The van der Waals surface area contributed by atoms with Gasteiger partial charge in [0, 0.05) is 11.3 Å². The average molecular weight is 251 g/mol. The summed E-state index contributed by atoms with van der Waals surface area (Å²) in [6, 6.07) is 5.90. The van der Waals surface area contributed by atoms with Crippen molar-refractivity contribution in [2.24, 2.45) is 0 Å². The molecule has 0 bridgehead atoms. The normalized spacial score (nSPS) is 14.0. The van der Waals surface area contributed by atoms with E-state index in [4.69, 9.17) is 5.11 Å². The Morgan fingerprint density at radius 1 is 1.47 bits per heavy atom. The monoisotopic (exact) mass is 251 g/mol. The second kappa shape index (κ2) is 5.23. The van der Waals surface area contributed by atoms with Crippen molar-refractivity contribution in [1.82, 2.24) is 0 Å². The molecule has 1 aromatic rings. The summed E-state index contributed by atoms with van der Waals surface area (Å²) in [4.78, 5) is 22.7. The largest absolute Gasteiger partial charge is 0.481 e. The van der Waals surface area contributed by atoms with Crippen LogP contribution in [-0.4, -0.2) is 22.7 Å². The van der Waals surface area contributed by atoms with Crippen LogP contribution in [0.3, 0.4) is 0 Å². The first kappa shape index (κ1) is 12.0. The summed E-state index contributed by atoms with van der Waals surface area (Å²) in [7, 11) is 0. The molecular weight excluding hydrogens is 238 g/mol. The molecule has 1 aromatic carbocycles. The van der Waals surface area contributed by atoms with Crippen LogP contribution in [0.2, 0.25) is 0 Å². The topological polar surface area (TPSA) is 66.4 Å². The fourth-order valence-electron chi connectivity index (χ4n) is 1.73. The lowest BCUT2D eigenvalue weighted by Crippen LogP contribution is -2.18. The molecular formula is C12H13NO3S. The number of anilines is 1. The molecule has 0 saturated carbocycles. The molecule has 0 fully saturated rings. The van der Waals surface area contributed by atoms with E-state index in [-0.39, 0.29) is 12.3 Å². The summed E-state index contributed by atoms with van der Waals surface area (Å²) in [6.07, 6.45) is 1.52. The number of hydrogen-bond donors (Lipinski definition) is 2. The number of aryl methyl sites for hydroxylation is 1. The van der Waals surface area contributed by atoms with Crippen molar-refractivity contribution < 1.29 is 14.7 Å². The van der Waals surface area contributed by atoms with E-state index in [9.17, 15) is 9.59 Å². The number of benzene rings is 1. The number of aliphatic carboxylic acids is 1. The van der Waals surface area contributed by atoms with Gasteiger partial charge in [-0.05, 0) is 30.5 Å². The number of nitrogens with one attached hydrogen (secondary N) is 1. The molecule has 17 heavy (non-hydrogen) atoms. The molecule has 0 aromatic heterocycles. The number of hydrogen-bond acceptors (Lipinski definition) is 3. The molecule has 0 aliphatic carbocycles. The SMILES string of the molecule is O=C(O)CCCc1ccc2c(c1)NC(=O)CS2. The van der Waals surface area contributed by atoms with Gasteiger partial charge in [0.15, 0.2) is 0 Å². The van der Waals surface area contributed by atoms with Gasteiger partial charge in [0.1, 0.15) is 0 Å². The number of thioether (sulfide) groups is 1. The van der Waals surface area contributed by atoms with E-state index < -0.39 is 5.97 Å². The molecule has 1 heterocycles. The molecule has 0 saturated heterocycles. The lowest BCUT2D eigenvalue weighted by Gasteiger charge is -2.16. The van der Waals surface area contributed by atoms with Gasteiger partial charge in [-0.2, -0.15) is 0 Å². The molecule has 0 unspecified atom stereocenters.